The van der Waals surface area contributed by atoms with Crippen LogP contribution in [0, 0.1) is 5.82 Å². The van der Waals surface area contributed by atoms with Crippen molar-refractivity contribution in [3.8, 4) is 0 Å². The van der Waals surface area contributed by atoms with Gasteiger partial charge in [0.05, 0.1) is 11.1 Å². The van der Waals surface area contributed by atoms with E-state index in [2.05, 4.69) is 21.4 Å². The number of halogens is 3. The van der Waals surface area contributed by atoms with Crippen molar-refractivity contribution in [2.24, 2.45) is 5.84 Å². The average Bonchev–Trinajstić information content (AvgIpc) is 2.78. The molecule has 1 aromatic heterocycles. The van der Waals surface area contributed by atoms with Crippen LogP contribution < -0.4 is 11.3 Å². The van der Waals surface area contributed by atoms with E-state index in [1.54, 1.807) is 24.3 Å². The fraction of sp³-hybridized carbons (Fsp3) is 0.167. The summed E-state index contributed by atoms with van der Waals surface area (Å²) in [6.07, 6.45) is 0.350. The third-order valence-corrected chi connectivity index (χ3v) is 3.31. The molecule has 0 radical (unpaired) electrons. The highest BCUT2D eigenvalue weighted by Crippen LogP contribution is 2.26. The highest BCUT2D eigenvalue weighted by Gasteiger charge is 2.17. The Bertz CT molecular complexity index is 547. The highest BCUT2D eigenvalue weighted by atomic mass is 79.9. The zero-order chi connectivity index (χ0) is 13.1. The van der Waals surface area contributed by atoms with Gasteiger partial charge < -0.3 is 4.42 Å². The van der Waals surface area contributed by atoms with E-state index in [1.807, 2.05) is 0 Å². The van der Waals surface area contributed by atoms with Gasteiger partial charge in [0.1, 0.15) is 11.6 Å². The Balaban J connectivity index is 2.23. The van der Waals surface area contributed by atoms with Gasteiger partial charge in [0, 0.05) is 0 Å². The largest absolute Gasteiger partial charge is 0.453 e. The Hall–Kier alpha value is -0.880. The Kier molecular flexibility index (Phi) is 4.40. The van der Waals surface area contributed by atoms with E-state index in [0.29, 0.717) is 22.4 Å². The van der Waals surface area contributed by atoms with Gasteiger partial charge in [0.15, 0.2) is 4.67 Å². The van der Waals surface area contributed by atoms with Gasteiger partial charge in [-0.05, 0) is 46.1 Å². The maximum Gasteiger partial charge on any atom is 0.169 e. The molecule has 3 N–H and O–H groups in total. The summed E-state index contributed by atoms with van der Waals surface area (Å²) in [5.74, 6) is 5.67. The summed E-state index contributed by atoms with van der Waals surface area (Å²) in [6.45, 7) is 0. The molecular formula is C12H11BrClFN2O. The Morgan fingerprint density at radius 1 is 1.39 bits per heavy atom. The van der Waals surface area contributed by atoms with E-state index in [4.69, 9.17) is 21.9 Å². The quantitative estimate of drug-likeness (QED) is 0.664. The average molecular weight is 334 g/mol. The van der Waals surface area contributed by atoms with Crippen LogP contribution in [0.15, 0.2) is 39.4 Å². The standard InChI is InChI=1S/C12H11BrClFN2O/c13-11-5-4-10(18-11)9(17-16)6-7-2-1-3-8(14)12(7)15/h1-5,9,17H,6,16H2. The molecule has 3 nitrogen and oxygen atoms in total. The number of rotatable bonds is 4. The lowest BCUT2D eigenvalue weighted by Gasteiger charge is -2.14. The monoisotopic (exact) mass is 332 g/mol. The maximum atomic E-state index is 13.8. The second-order valence-electron chi connectivity index (χ2n) is 3.78. The maximum absolute atomic E-state index is 13.8. The number of furan rings is 1. The van der Waals surface area contributed by atoms with Gasteiger partial charge in [-0.2, -0.15) is 0 Å². The summed E-state index contributed by atoms with van der Waals surface area (Å²) in [7, 11) is 0. The molecule has 0 saturated heterocycles. The van der Waals surface area contributed by atoms with Gasteiger partial charge in [0.25, 0.3) is 0 Å². The Morgan fingerprint density at radius 2 is 2.17 bits per heavy atom. The molecule has 1 aromatic carbocycles. The highest BCUT2D eigenvalue weighted by molar-refractivity contribution is 9.10. The van der Waals surface area contributed by atoms with Gasteiger partial charge in [-0.25, -0.2) is 9.82 Å². The first kappa shape index (κ1) is 13.5. The Labute approximate surface area is 117 Å². The number of hydrogen-bond acceptors (Lipinski definition) is 3. The molecule has 2 aromatic rings. The van der Waals surface area contributed by atoms with Crippen LogP contribution in [0.5, 0.6) is 0 Å². The lowest BCUT2D eigenvalue weighted by Crippen LogP contribution is -2.29. The fourth-order valence-corrected chi connectivity index (χ4v) is 2.20. The van der Waals surface area contributed by atoms with Crippen LogP contribution in [-0.2, 0) is 6.42 Å². The number of benzene rings is 1. The lowest BCUT2D eigenvalue weighted by molar-refractivity contribution is 0.401. The molecule has 1 atom stereocenters. The van der Waals surface area contributed by atoms with Crippen molar-refractivity contribution < 1.29 is 8.81 Å². The molecule has 1 unspecified atom stereocenters. The predicted octanol–water partition coefficient (Wildman–Crippen LogP) is 3.58. The molecular weight excluding hydrogens is 322 g/mol. The van der Waals surface area contributed by atoms with Gasteiger partial charge in [-0.1, -0.05) is 23.7 Å². The van der Waals surface area contributed by atoms with Gasteiger partial charge in [-0.15, -0.1) is 0 Å². The normalized spacial score (nSPS) is 12.7. The minimum absolute atomic E-state index is 0.101. The predicted molar refractivity (Wildman–Crippen MR) is 71.6 cm³/mol. The topological polar surface area (TPSA) is 51.2 Å². The van der Waals surface area contributed by atoms with Crippen molar-refractivity contribution in [3.05, 3.63) is 57.2 Å². The number of nitrogens with two attached hydrogens (primary N) is 1. The van der Waals surface area contributed by atoms with Crippen LogP contribution in [0.1, 0.15) is 17.4 Å². The molecule has 0 fully saturated rings. The zero-order valence-electron chi connectivity index (χ0n) is 9.29. The van der Waals surface area contributed by atoms with Gasteiger partial charge in [-0.3, -0.25) is 5.84 Å². The summed E-state index contributed by atoms with van der Waals surface area (Å²) < 4.78 is 19.8. The smallest absolute Gasteiger partial charge is 0.169 e. The van der Waals surface area contributed by atoms with Crippen molar-refractivity contribution in [2.45, 2.75) is 12.5 Å². The molecule has 0 spiro atoms. The van der Waals surface area contributed by atoms with Crippen LogP contribution in [0.2, 0.25) is 5.02 Å². The zero-order valence-corrected chi connectivity index (χ0v) is 11.6. The summed E-state index contributed by atoms with van der Waals surface area (Å²) >= 11 is 8.94. The van der Waals surface area contributed by atoms with Crippen LogP contribution in [0.25, 0.3) is 0 Å². The molecule has 0 aliphatic rings. The first-order chi connectivity index (χ1) is 8.61. The van der Waals surface area contributed by atoms with Crippen LogP contribution in [0.3, 0.4) is 0 Å². The molecule has 0 saturated carbocycles. The minimum Gasteiger partial charge on any atom is -0.453 e. The van der Waals surface area contributed by atoms with E-state index in [9.17, 15) is 4.39 Å². The molecule has 0 aliphatic heterocycles. The van der Waals surface area contributed by atoms with E-state index in [-0.39, 0.29) is 11.1 Å². The fourth-order valence-electron chi connectivity index (χ4n) is 1.68. The lowest BCUT2D eigenvalue weighted by atomic mass is 10.0. The Morgan fingerprint density at radius 3 is 2.78 bits per heavy atom. The minimum atomic E-state index is -0.426. The number of nitrogens with one attached hydrogen (secondary N) is 1. The summed E-state index contributed by atoms with van der Waals surface area (Å²) in [5.41, 5.74) is 3.09. The molecule has 18 heavy (non-hydrogen) atoms. The van der Waals surface area contributed by atoms with Crippen LogP contribution in [-0.4, -0.2) is 0 Å². The van der Waals surface area contributed by atoms with Crippen molar-refractivity contribution >= 4 is 27.5 Å². The van der Waals surface area contributed by atoms with Crippen LogP contribution >= 0.6 is 27.5 Å². The van der Waals surface area contributed by atoms with Gasteiger partial charge in [0.2, 0.25) is 0 Å². The van der Waals surface area contributed by atoms with E-state index >= 15 is 0 Å². The number of hydrogen-bond donors (Lipinski definition) is 2. The molecule has 0 amide bonds. The third kappa shape index (κ3) is 2.92. The third-order valence-electron chi connectivity index (χ3n) is 2.59. The summed E-state index contributed by atoms with van der Waals surface area (Å²) in [4.78, 5) is 0. The second kappa shape index (κ2) is 5.84. The van der Waals surface area contributed by atoms with E-state index < -0.39 is 5.82 Å². The number of hydrazine groups is 1. The summed E-state index contributed by atoms with van der Waals surface area (Å²) in [5, 5.41) is 0.101. The van der Waals surface area contributed by atoms with E-state index in [0.717, 1.165) is 0 Å². The molecule has 0 aliphatic carbocycles. The van der Waals surface area contributed by atoms with Crippen molar-refractivity contribution in [1.29, 1.82) is 0 Å². The SMILES string of the molecule is NNC(Cc1cccc(Cl)c1F)c1ccc(Br)o1. The molecule has 1 heterocycles. The first-order valence-electron chi connectivity index (χ1n) is 5.26. The van der Waals surface area contributed by atoms with Gasteiger partial charge >= 0.3 is 0 Å². The summed E-state index contributed by atoms with van der Waals surface area (Å²) in [6, 6.07) is 8.10. The second-order valence-corrected chi connectivity index (χ2v) is 4.97. The van der Waals surface area contributed by atoms with Crippen molar-refractivity contribution in [2.75, 3.05) is 0 Å². The van der Waals surface area contributed by atoms with Crippen molar-refractivity contribution in [3.63, 3.8) is 0 Å². The van der Waals surface area contributed by atoms with E-state index in [1.165, 1.54) is 6.07 Å². The van der Waals surface area contributed by atoms with Crippen molar-refractivity contribution in [1.82, 2.24) is 5.43 Å². The van der Waals surface area contributed by atoms with Crippen LogP contribution in [0.4, 0.5) is 4.39 Å². The first-order valence-corrected chi connectivity index (χ1v) is 6.43. The molecule has 2 rings (SSSR count). The molecule has 0 bridgehead atoms. The molecule has 6 heteroatoms. The molecule has 96 valence electrons.